The highest BCUT2D eigenvalue weighted by molar-refractivity contribution is 7.93. The lowest BCUT2D eigenvalue weighted by atomic mass is 9.93. The highest BCUT2D eigenvalue weighted by Crippen LogP contribution is 2.46. The van der Waals surface area contributed by atoms with Crippen molar-refractivity contribution >= 4 is 32.3 Å². The van der Waals surface area contributed by atoms with Crippen LogP contribution >= 0.6 is 11.3 Å². The van der Waals surface area contributed by atoms with E-state index >= 15 is 0 Å². The SMILES string of the molecule is Cc1cccc(C(F)(F)F)c1-c1nc(NS(=O)(=O)c2ccnc(N)c2)sc1-c1cc(F)cc(OCCC(C)(C)C)c1. The molecule has 0 aliphatic carbocycles. The van der Waals surface area contributed by atoms with Gasteiger partial charge in [-0.3, -0.25) is 4.72 Å². The summed E-state index contributed by atoms with van der Waals surface area (Å²) >= 11 is 0.769. The minimum atomic E-state index is -4.74. The molecule has 0 radical (unpaired) electrons. The van der Waals surface area contributed by atoms with Crippen LogP contribution in [0.1, 0.15) is 38.3 Å². The summed E-state index contributed by atoms with van der Waals surface area (Å²) in [4.78, 5) is 7.98. The molecular formula is C28H28F4N4O3S2. The summed E-state index contributed by atoms with van der Waals surface area (Å²) in [5, 5.41) is -0.221. The zero-order valence-corrected chi connectivity index (χ0v) is 24.3. The zero-order valence-electron chi connectivity index (χ0n) is 22.6. The molecule has 2 heterocycles. The monoisotopic (exact) mass is 608 g/mol. The maximum Gasteiger partial charge on any atom is 0.417 e. The number of sulfonamides is 1. The Bertz CT molecular complexity index is 1680. The van der Waals surface area contributed by atoms with Crippen LogP contribution in [0.3, 0.4) is 0 Å². The number of thiazole rings is 1. The van der Waals surface area contributed by atoms with Crippen LogP contribution in [0.2, 0.25) is 0 Å². The number of halogens is 4. The predicted molar refractivity (Wildman–Crippen MR) is 152 cm³/mol. The third-order valence-electron chi connectivity index (χ3n) is 5.98. The first-order valence-electron chi connectivity index (χ1n) is 12.4. The number of nitrogens with zero attached hydrogens (tertiary/aromatic N) is 2. The predicted octanol–water partition coefficient (Wildman–Crippen LogP) is 7.54. The smallest absolute Gasteiger partial charge is 0.417 e. The normalized spacial score (nSPS) is 12.4. The molecule has 0 aliphatic rings. The van der Waals surface area contributed by atoms with E-state index in [-0.39, 0.29) is 60.9 Å². The Kier molecular flexibility index (Phi) is 8.33. The van der Waals surface area contributed by atoms with Crippen LogP contribution in [-0.4, -0.2) is 25.0 Å². The number of anilines is 2. The van der Waals surface area contributed by atoms with Crippen molar-refractivity contribution in [3.63, 3.8) is 0 Å². The first kappa shape index (κ1) is 30.3. The summed E-state index contributed by atoms with van der Waals surface area (Å²) < 4.78 is 91.3. The highest BCUT2D eigenvalue weighted by Gasteiger charge is 2.36. The van der Waals surface area contributed by atoms with Gasteiger partial charge >= 0.3 is 6.18 Å². The van der Waals surface area contributed by atoms with Gasteiger partial charge in [0.1, 0.15) is 17.4 Å². The molecule has 4 rings (SSSR count). The van der Waals surface area contributed by atoms with Crippen molar-refractivity contribution in [3.8, 4) is 27.4 Å². The molecule has 218 valence electrons. The molecule has 2 aromatic carbocycles. The third-order valence-corrected chi connectivity index (χ3v) is 8.47. The number of benzene rings is 2. The minimum absolute atomic E-state index is 0.0363. The second-order valence-corrected chi connectivity index (χ2v) is 13.2. The number of nitrogens with two attached hydrogens (primary N) is 1. The fraction of sp³-hybridized carbons (Fsp3) is 0.286. The van der Waals surface area contributed by atoms with Crippen molar-refractivity contribution in [3.05, 3.63) is 71.7 Å². The zero-order chi connectivity index (χ0) is 30.2. The molecule has 0 bridgehead atoms. The van der Waals surface area contributed by atoms with E-state index in [1.165, 1.54) is 43.5 Å². The van der Waals surface area contributed by atoms with Crippen LogP contribution in [-0.2, 0) is 16.2 Å². The fourth-order valence-corrected chi connectivity index (χ4v) is 6.18. The Morgan fingerprint density at radius 3 is 2.46 bits per heavy atom. The van der Waals surface area contributed by atoms with E-state index < -0.39 is 27.6 Å². The minimum Gasteiger partial charge on any atom is -0.493 e. The van der Waals surface area contributed by atoms with Gasteiger partial charge in [0.15, 0.2) is 5.13 Å². The van der Waals surface area contributed by atoms with Crippen LogP contribution in [0.4, 0.5) is 28.5 Å². The molecule has 4 aromatic rings. The molecule has 0 atom stereocenters. The second-order valence-electron chi connectivity index (χ2n) is 10.5. The van der Waals surface area contributed by atoms with Gasteiger partial charge in [0.05, 0.1) is 27.6 Å². The van der Waals surface area contributed by atoms with E-state index in [4.69, 9.17) is 10.5 Å². The Labute approximate surface area is 239 Å². The lowest BCUT2D eigenvalue weighted by molar-refractivity contribution is -0.137. The van der Waals surface area contributed by atoms with Crippen molar-refractivity contribution in [1.29, 1.82) is 0 Å². The van der Waals surface area contributed by atoms with Crippen molar-refractivity contribution < 1.29 is 30.7 Å². The third kappa shape index (κ3) is 7.33. The average Bonchev–Trinajstić information content (AvgIpc) is 3.25. The van der Waals surface area contributed by atoms with Crippen LogP contribution in [0, 0.1) is 18.2 Å². The molecule has 0 amide bonds. The molecule has 0 unspecified atom stereocenters. The number of rotatable bonds is 8. The van der Waals surface area contributed by atoms with Crippen LogP contribution in [0.25, 0.3) is 21.7 Å². The van der Waals surface area contributed by atoms with Gasteiger partial charge < -0.3 is 10.5 Å². The molecule has 41 heavy (non-hydrogen) atoms. The van der Waals surface area contributed by atoms with Gasteiger partial charge in [0.2, 0.25) is 0 Å². The molecule has 2 aromatic heterocycles. The van der Waals surface area contributed by atoms with Crippen LogP contribution < -0.4 is 15.2 Å². The number of ether oxygens (including phenoxy) is 1. The Morgan fingerprint density at radius 1 is 1.07 bits per heavy atom. The van der Waals surface area contributed by atoms with Crippen molar-refractivity contribution in [2.75, 3.05) is 17.1 Å². The van der Waals surface area contributed by atoms with Crippen molar-refractivity contribution in [1.82, 2.24) is 9.97 Å². The average molecular weight is 609 g/mol. The first-order valence-corrected chi connectivity index (χ1v) is 14.7. The van der Waals surface area contributed by atoms with E-state index in [1.807, 2.05) is 20.8 Å². The summed E-state index contributed by atoms with van der Waals surface area (Å²) in [5.74, 6) is -0.538. The summed E-state index contributed by atoms with van der Waals surface area (Å²) in [6, 6.07) is 9.84. The number of nitrogen functional groups attached to an aromatic ring is 1. The van der Waals surface area contributed by atoms with E-state index in [1.54, 1.807) is 0 Å². The van der Waals surface area contributed by atoms with Gasteiger partial charge in [0.25, 0.3) is 10.0 Å². The Morgan fingerprint density at radius 2 is 1.80 bits per heavy atom. The lowest BCUT2D eigenvalue weighted by Gasteiger charge is -2.18. The standard InChI is InChI=1S/C28H28F4N4O3S2/c1-16-6-5-7-21(28(30,31)32)23(16)24-25(17-12-18(29)14-19(13-17)39-11-9-27(2,3)4)40-26(35-24)36-41(37,38)20-8-10-34-22(33)15-20/h5-8,10,12-15H,9,11H2,1-4H3,(H2,33,34)(H,35,36). The number of alkyl halides is 3. The number of hydrogen-bond donors (Lipinski definition) is 2. The molecule has 13 heteroatoms. The molecule has 0 aliphatic heterocycles. The number of nitrogens with one attached hydrogen (secondary N) is 1. The molecule has 3 N–H and O–H groups in total. The fourth-order valence-electron chi connectivity index (χ4n) is 3.97. The van der Waals surface area contributed by atoms with Gasteiger partial charge in [-0.25, -0.2) is 22.8 Å². The van der Waals surface area contributed by atoms with Crippen molar-refractivity contribution in [2.45, 2.75) is 45.2 Å². The Hall–Kier alpha value is -3.71. The Balaban J connectivity index is 1.87. The van der Waals surface area contributed by atoms with E-state index in [0.717, 1.165) is 29.5 Å². The lowest BCUT2D eigenvalue weighted by Crippen LogP contribution is -2.13. The van der Waals surface area contributed by atoms with Crippen LogP contribution in [0.15, 0.2) is 59.6 Å². The largest absolute Gasteiger partial charge is 0.493 e. The molecule has 0 saturated carbocycles. The number of pyridine rings is 1. The maximum absolute atomic E-state index is 14.8. The number of hydrogen-bond acceptors (Lipinski definition) is 7. The second kappa shape index (κ2) is 11.3. The van der Waals surface area contributed by atoms with Gasteiger partial charge in [-0.1, -0.05) is 44.2 Å². The van der Waals surface area contributed by atoms with E-state index in [2.05, 4.69) is 14.7 Å². The molecular weight excluding hydrogens is 580 g/mol. The quantitative estimate of drug-likeness (QED) is 0.200. The number of aryl methyl sites for hydroxylation is 1. The van der Waals surface area contributed by atoms with Gasteiger partial charge in [-0.15, -0.1) is 0 Å². The summed E-state index contributed by atoms with van der Waals surface area (Å²) in [7, 11) is -4.24. The molecule has 0 spiro atoms. The van der Waals surface area contributed by atoms with Crippen molar-refractivity contribution in [2.24, 2.45) is 5.41 Å². The van der Waals surface area contributed by atoms with Crippen LogP contribution in [0.5, 0.6) is 5.75 Å². The topological polar surface area (TPSA) is 107 Å². The van der Waals surface area contributed by atoms with E-state index in [9.17, 15) is 26.0 Å². The first-order chi connectivity index (χ1) is 19.0. The molecule has 7 nitrogen and oxygen atoms in total. The summed E-state index contributed by atoms with van der Waals surface area (Å²) in [6.07, 6.45) is -2.85. The number of aromatic nitrogens is 2. The molecule has 0 fully saturated rings. The van der Waals surface area contributed by atoms with E-state index in [0.29, 0.717) is 6.42 Å². The summed E-state index contributed by atoms with van der Waals surface area (Å²) in [6.45, 7) is 7.86. The summed E-state index contributed by atoms with van der Waals surface area (Å²) in [5.41, 5.74) is 4.65. The van der Waals surface area contributed by atoms with Gasteiger partial charge in [-0.05, 0) is 48.6 Å². The molecule has 0 saturated heterocycles. The maximum atomic E-state index is 14.8. The van der Waals surface area contributed by atoms with Gasteiger partial charge in [0, 0.05) is 29.5 Å². The highest BCUT2D eigenvalue weighted by atomic mass is 32.2. The van der Waals surface area contributed by atoms with Gasteiger partial charge in [-0.2, -0.15) is 13.2 Å².